The summed E-state index contributed by atoms with van der Waals surface area (Å²) in [4.78, 5) is 0. The van der Waals surface area contributed by atoms with Crippen molar-refractivity contribution in [1.82, 2.24) is 0 Å². The molecule has 2 aromatic carbocycles. The molecular formula is C17H21OSe2+. The summed E-state index contributed by atoms with van der Waals surface area (Å²) in [6, 6.07) is 17.1. The number of hydrogen-bond acceptors (Lipinski definition) is 1. The van der Waals surface area contributed by atoms with Crippen LogP contribution in [0, 0.1) is 0 Å². The topological polar surface area (TPSA) is 20.2 Å². The second-order valence-electron chi connectivity index (χ2n) is 4.92. The van der Waals surface area contributed by atoms with Gasteiger partial charge in [-0.1, -0.05) is 0 Å². The van der Waals surface area contributed by atoms with Crippen LogP contribution < -0.4 is 8.92 Å². The van der Waals surface area contributed by atoms with E-state index < -0.39 is 0 Å². The van der Waals surface area contributed by atoms with E-state index in [0.29, 0.717) is 0 Å². The van der Waals surface area contributed by atoms with Crippen molar-refractivity contribution in [3.8, 4) is 0 Å². The van der Waals surface area contributed by atoms with Gasteiger partial charge in [0.15, 0.2) is 0 Å². The van der Waals surface area contributed by atoms with Crippen LogP contribution in [0.2, 0.25) is 17.0 Å². The first-order chi connectivity index (χ1) is 9.70. The molecule has 0 unspecified atom stereocenters. The predicted molar refractivity (Wildman–Crippen MR) is 89.8 cm³/mol. The average Bonchev–Trinajstić information content (AvgIpc) is 2.47. The molecule has 0 atom stereocenters. The second-order valence-corrected chi connectivity index (χ2v) is 12.2. The summed E-state index contributed by atoms with van der Waals surface area (Å²) in [7, 11) is 0. The van der Waals surface area contributed by atoms with Gasteiger partial charge in [-0.2, -0.15) is 0 Å². The average molecular weight is 399 g/mol. The Morgan fingerprint density at radius 2 is 1.45 bits per heavy atom. The fraction of sp³-hybridized carbons (Fsp3) is 0.294. The first-order valence-corrected chi connectivity index (χ1v) is 13.0. The third-order valence-electron chi connectivity index (χ3n) is 3.12. The minimum atomic E-state index is -0.372. The van der Waals surface area contributed by atoms with E-state index in [9.17, 15) is 5.11 Å². The molecule has 0 aliphatic carbocycles. The number of aliphatic hydroxyl groups is 1. The zero-order valence-electron chi connectivity index (χ0n) is 12.0. The molecule has 20 heavy (non-hydrogen) atoms. The van der Waals surface area contributed by atoms with Crippen molar-refractivity contribution in [3.05, 3.63) is 59.7 Å². The van der Waals surface area contributed by atoms with Crippen LogP contribution in [0.15, 0.2) is 48.5 Å². The van der Waals surface area contributed by atoms with Crippen molar-refractivity contribution in [2.75, 3.05) is 0 Å². The number of aliphatic hydroxyl groups excluding tert-OH is 1. The van der Waals surface area contributed by atoms with Crippen LogP contribution in [0.4, 0.5) is 0 Å². The van der Waals surface area contributed by atoms with E-state index in [1.54, 1.807) is 0 Å². The molecule has 0 aromatic heterocycles. The number of hydrogen-bond donors (Lipinski definition) is 1. The molecule has 1 nitrogen and oxygen atoms in total. The molecule has 0 aliphatic heterocycles. The van der Waals surface area contributed by atoms with Crippen molar-refractivity contribution < 1.29 is 5.11 Å². The van der Waals surface area contributed by atoms with Gasteiger partial charge < -0.3 is 0 Å². The number of rotatable bonds is 6. The molecule has 0 bridgehead atoms. The van der Waals surface area contributed by atoms with Crippen molar-refractivity contribution in [2.45, 2.75) is 30.0 Å². The van der Waals surface area contributed by atoms with E-state index in [2.05, 4.69) is 48.0 Å². The fourth-order valence-electron chi connectivity index (χ4n) is 1.98. The van der Waals surface area contributed by atoms with Gasteiger partial charge in [0, 0.05) is 0 Å². The van der Waals surface area contributed by atoms with Crippen LogP contribution in [0.1, 0.15) is 11.1 Å². The third kappa shape index (κ3) is 4.48. The molecule has 0 aliphatic rings. The SMILES string of the molecule is C[Se+](C)CCc1ccccc1[Se]c1ccccc1CO. The molecule has 0 spiro atoms. The van der Waals surface area contributed by atoms with Crippen molar-refractivity contribution in [2.24, 2.45) is 0 Å². The van der Waals surface area contributed by atoms with Crippen molar-refractivity contribution >= 4 is 37.8 Å². The summed E-state index contributed by atoms with van der Waals surface area (Å²) >= 11 is -0.0870. The maximum absolute atomic E-state index is 9.46. The van der Waals surface area contributed by atoms with E-state index in [1.165, 1.54) is 26.2 Å². The molecule has 2 rings (SSSR count). The Balaban J connectivity index is 2.20. The van der Waals surface area contributed by atoms with E-state index in [1.807, 2.05) is 12.1 Å². The predicted octanol–water partition coefficient (Wildman–Crippen LogP) is 2.13. The van der Waals surface area contributed by atoms with Crippen LogP contribution in [-0.4, -0.2) is 34.0 Å². The molecule has 0 saturated carbocycles. The first kappa shape index (κ1) is 15.8. The van der Waals surface area contributed by atoms with Gasteiger partial charge in [0.05, 0.1) is 0 Å². The molecular weight excluding hydrogens is 378 g/mol. The minimum absolute atomic E-state index is 0.137. The van der Waals surface area contributed by atoms with Gasteiger partial charge in [-0.05, 0) is 0 Å². The van der Waals surface area contributed by atoms with Crippen molar-refractivity contribution in [1.29, 1.82) is 0 Å². The molecule has 0 saturated heterocycles. The standard InChI is InChI=1S/C17H21OSe2/c1-20(2)12-11-14-7-3-5-9-16(14)19-17-10-6-4-8-15(17)13-18/h3-10,18H,11-13H2,1-2H3/q+1. The Labute approximate surface area is 132 Å². The van der Waals surface area contributed by atoms with E-state index in [0.717, 1.165) is 5.56 Å². The molecule has 0 radical (unpaired) electrons. The fourth-order valence-corrected chi connectivity index (χ4v) is 5.59. The van der Waals surface area contributed by atoms with Gasteiger partial charge in [0.1, 0.15) is 0 Å². The molecule has 0 fully saturated rings. The summed E-state index contributed by atoms with van der Waals surface area (Å²) < 4.78 is 2.77. The Morgan fingerprint density at radius 3 is 2.05 bits per heavy atom. The van der Waals surface area contributed by atoms with Gasteiger partial charge in [-0.3, -0.25) is 0 Å². The summed E-state index contributed by atoms with van der Waals surface area (Å²) in [5.74, 6) is 4.80. The first-order valence-electron chi connectivity index (χ1n) is 6.69. The summed E-state index contributed by atoms with van der Waals surface area (Å²) in [5, 5.41) is 10.8. The van der Waals surface area contributed by atoms with E-state index in [-0.39, 0.29) is 35.5 Å². The number of benzene rings is 2. The van der Waals surface area contributed by atoms with E-state index >= 15 is 0 Å². The number of aryl methyl sites for hydroxylation is 1. The molecule has 106 valence electrons. The Hall–Kier alpha value is -0.561. The normalized spacial score (nSPS) is 11.0. The van der Waals surface area contributed by atoms with Crippen LogP contribution in [0.5, 0.6) is 0 Å². The van der Waals surface area contributed by atoms with Crippen LogP contribution in [0.3, 0.4) is 0 Å². The molecule has 2 aromatic rings. The molecule has 1 N–H and O–H groups in total. The monoisotopic (exact) mass is 401 g/mol. The van der Waals surface area contributed by atoms with Crippen LogP contribution in [0.25, 0.3) is 0 Å². The molecule has 3 heteroatoms. The second kappa shape index (κ2) is 8.02. The maximum atomic E-state index is 9.46. The summed E-state index contributed by atoms with van der Waals surface area (Å²) in [5.41, 5.74) is 2.57. The van der Waals surface area contributed by atoms with Gasteiger partial charge in [-0.15, -0.1) is 0 Å². The van der Waals surface area contributed by atoms with Crippen LogP contribution >= 0.6 is 0 Å². The van der Waals surface area contributed by atoms with Gasteiger partial charge >= 0.3 is 133 Å². The Morgan fingerprint density at radius 1 is 0.900 bits per heavy atom. The van der Waals surface area contributed by atoms with Gasteiger partial charge in [0.2, 0.25) is 0 Å². The zero-order chi connectivity index (χ0) is 14.4. The van der Waals surface area contributed by atoms with Gasteiger partial charge in [-0.25, -0.2) is 0 Å². The summed E-state index contributed by atoms with van der Waals surface area (Å²) in [6.45, 7) is 0.137. The quantitative estimate of drug-likeness (QED) is 0.739. The zero-order valence-corrected chi connectivity index (χ0v) is 15.4. The molecule has 0 amide bonds. The molecule has 0 heterocycles. The third-order valence-corrected chi connectivity index (χ3v) is 7.85. The van der Waals surface area contributed by atoms with Crippen LogP contribution in [-0.2, 0) is 13.0 Å². The van der Waals surface area contributed by atoms with E-state index in [4.69, 9.17) is 0 Å². The Bertz CT molecular complexity index is 552. The Kier molecular flexibility index (Phi) is 6.35. The summed E-state index contributed by atoms with van der Waals surface area (Å²) in [6.07, 6.45) is 1.21. The van der Waals surface area contributed by atoms with Crippen molar-refractivity contribution in [3.63, 3.8) is 0 Å². The van der Waals surface area contributed by atoms with Gasteiger partial charge in [0.25, 0.3) is 0 Å².